The number of aryl methyl sites for hydroxylation is 1. The van der Waals surface area contributed by atoms with Crippen molar-refractivity contribution in [3.63, 3.8) is 0 Å². The summed E-state index contributed by atoms with van der Waals surface area (Å²) in [5, 5.41) is 6.25. The average molecular weight is 404 g/mol. The summed E-state index contributed by atoms with van der Waals surface area (Å²) in [6, 6.07) is 21.2. The van der Waals surface area contributed by atoms with Crippen LogP contribution in [0.4, 0.5) is 0 Å². The maximum absolute atomic E-state index is 13.5. The largest absolute Gasteiger partial charge is 0.276 e. The highest BCUT2D eigenvalue weighted by molar-refractivity contribution is 7.89. The third kappa shape index (κ3) is 3.14. The van der Waals surface area contributed by atoms with Crippen LogP contribution in [0, 0.1) is 0 Å². The molecule has 5 rings (SSSR count). The number of nitrogens with zero attached hydrogens (tertiary/aromatic N) is 3. The summed E-state index contributed by atoms with van der Waals surface area (Å²) in [7, 11) is -1.75. The maximum Gasteiger partial charge on any atom is 0.243 e. The first-order valence-electron chi connectivity index (χ1n) is 9.58. The van der Waals surface area contributed by atoms with Gasteiger partial charge in [0.2, 0.25) is 10.0 Å². The van der Waals surface area contributed by atoms with E-state index in [2.05, 4.69) is 11.2 Å². The average Bonchev–Trinajstić information content (AvgIpc) is 3.18. The number of hydrogen-bond donors (Lipinski definition) is 0. The second kappa shape index (κ2) is 6.83. The first kappa shape index (κ1) is 18.1. The lowest BCUT2D eigenvalue weighted by Gasteiger charge is -2.33. The number of hydrogen-bond acceptors (Lipinski definition) is 3. The van der Waals surface area contributed by atoms with E-state index in [0.29, 0.717) is 18.0 Å². The van der Waals surface area contributed by atoms with E-state index < -0.39 is 10.0 Å². The molecule has 0 amide bonds. The van der Waals surface area contributed by atoms with Gasteiger partial charge in [-0.3, -0.25) is 4.68 Å². The molecule has 0 aliphatic carbocycles. The Kier molecular flexibility index (Phi) is 4.26. The molecule has 1 aliphatic heterocycles. The lowest BCUT2D eigenvalue weighted by atomic mass is 9.87. The molecular weight excluding hydrogens is 382 g/mol. The van der Waals surface area contributed by atoms with Crippen LogP contribution in [-0.2, 0) is 23.6 Å². The Labute approximate surface area is 170 Å². The minimum Gasteiger partial charge on any atom is -0.276 e. The molecule has 0 saturated heterocycles. The van der Waals surface area contributed by atoms with Gasteiger partial charge in [0.25, 0.3) is 0 Å². The van der Waals surface area contributed by atoms with Crippen molar-refractivity contribution in [2.75, 3.05) is 6.54 Å². The summed E-state index contributed by atoms with van der Waals surface area (Å²) in [6.45, 7) is 0.778. The molecule has 5 nitrogen and oxygen atoms in total. The van der Waals surface area contributed by atoms with Crippen LogP contribution >= 0.6 is 0 Å². The lowest BCUT2D eigenvalue weighted by Crippen LogP contribution is -2.38. The van der Waals surface area contributed by atoms with E-state index in [0.717, 1.165) is 21.9 Å². The van der Waals surface area contributed by atoms with Crippen LogP contribution in [0.3, 0.4) is 0 Å². The monoisotopic (exact) mass is 403 g/mol. The molecule has 0 radical (unpaired) electrons. The molecule has 3 aromatic carbocycles. The highest BCUT2D eigenvalue weighted by Crippen LogP contribution is 2.36. The van der Waals surface area contributed by atoms with Crippen LogP contribution in [0.2, 0.25) is 0 Å². The third-order valence-electron chi connectivity index (χ3n) is 5.65. The Morgan fingerprint density at radius 1 is 0.966 bits per heavy atom. The van der Waals surface area contributed by atoms with E-state index >= 15 is 0 Å². The van der Waals surface area contributed by atoms with Gasteiger partial charge in [-0.1, -0.05) is 54.6 Å². The highest BCUT2D eigenvalue weighted by Gasteiger charge is 2.34. The van der Waals surface area contributed by atoms with Crippen molar-refractivity contribution >= 4 is 20.8 Å². The molecule has 0 spiro atoms. The zero-order valence-electron chi connectivity index (χ0n) is 16.1. The first-order valence-corrected chi connectivity index (χ1v) is 11.0. The summed E-state index contributed by atoms with van der Waals surface area (Å²) >= 11 is 0. The maximum atomic E-state index is 13.5. The van der Waals surface area contributed by atoms with Gasteiger partial charge in [0.1, 0.15) is 0 Å². The molecule has 1 aliphatic rings. The van der Waals surface area contributed by atoms with Gasteiger partial charge in [0.05, 0.1) is 11.1 Å². The summed E-state index contributed by atoms with van der Waals surface area (Å²) in [6.07, 6.45) is 3.79. The zero-order valence-corrected chi connectivity index (χ0v) is 16.9. The fourth-order valence-electron chi connectivity index (χ4n) is 4.14. The van der Waals surface area contributed by atoms with Gasteiger partial charge in [-0.15, -0.1) is 0 Å². The Hall–Kier alpha value is -2.96. The smallest absolute Gasteiger partial charge is 0.243 e. The third-order valence-corrected chi connectivity index (χ3v) is 7.46. The Balaban J connectivity index is 1.58. The summed E-state index contributed by atoms with van der Waals surface area (Å²) in [4.78, 5) is 0.334. The second-order valence-corrected chi connectivity index (χ2v) is 9.44. The van der Waals surface area contributed by atoms with E-state index in [4.69, 9.17) is 0 Å². The molecule has 0 fully saturated rings. The van der Waals surface area contributed by atoms with Gasteiger partial charge in [-0.05, 0) is 39.6 Å². The Morgan fingerprint density at radius 3 is 2.52 bits per heavy atom. The van der Waals surface area contributed by atoms with Crippen molar-refractivity contribution < 1.29 is 8.42 Å². The Bertz CT molecular complexity index is 1310. The van der Waals surface area contributed by atoms with Gasteiger partial charge in [0, 0.05) is 32.3 Å². The minimum absolute atomic E-state index is 0.0381. The van der Waals surface area contributed by atoms with Crippen molar-refractivity contribution in [3.8, 4) is 0 Å². The van der Waals surface area contributed by atoms with Gasteiger partial charge in [-0.2, -0.15) is 9.40 Å². The number of benzene rings is 3. The fourth-order valence-corrected chi connectivity index (χ4v) is 5.61. The fraction of sp³-hybridized carbons (Fsp3) is 0.174. The first-order chi connectivity index (χ1) is 14.0. The standard InChI is InChI=1S/C23H21N3O2S/c1-25-14-20(13-24-25)23-16-26(15-19-8-4-5-9-22(19)23)29(27,28)21-11-10-17-6-2-3-7-18(17)12-21/h2-14,23H,15-16H2,1H3. The van der Waals surface area contributed by atoms with Crippen LogP contribution in [0.25, 0.3) is 10.8 Å². The van der Waals surface area contributed by atoms with E-state index in [1.165, 1.54) is 5.56 Å². The molecule has 0 saturated carbocycles. The zero-order chi connectivity index (χ0) is 20.0. The molecule has 1 atom stereocenters. The van der Waals surface area contributed by atoms with Crippen molar-refractivity contribution in [1.29, 1.82) is 0 Å². The number of aromatic nitrogens is 2. The van der Waals surface area contributed by atoms with E-state index in [9.17, 15) is 8.42 Å². The second-order valence-electron chi connectivity index (χ2n) is 7.51. The van der Waals surface area contributed by atoms with Crippen molar-refractivity contribution in [2.24, 2.45) is 7.05 Å². The normalized spacial score (nSPS) is 17.3. The number of fused-ring (bicyclic) bond motifs is 2. The molecular formula is C23H21N3O2S. The quantitative estimate of drug-likeness (QED) is 0.521. The van der Waals surface area contributed by atoms with Gasteiger partial charge < -0.3 is 0 Å². The highest BCUT2D eigenvalue weighted by atomic mass is 32.2. The number of rotatable bonds is 3. The Morgan fingerprint density at radius 2 is 1.72 bits per heavy atom. The topological polar surface area (TPSA) is 55.2 Å². The van der Waals surface area contributed by atoms with Crippen LogP contribution < -0.4 is 0 Å². The number of sulfonamides is 1. The van der Waals surface area contributed by atoms with Crippen molar-refractivity contribution in [1.82, 2.24) is 14.1 Å². The molecule has 146 valence electrons. The SMILES string of the molecule is Cn1cc(C2CN(S(=O)(=O)c3ccc4ccccc4c3)Cc3ccccc32)cn1. The molecule has 0 bridgehead atoms. The van der Waals surface area contributed by atoms with Crippen LogP contribution in [-0.4, -0.2) is 29.0 Å². The molecule has 6 heteroatoms. The predicted molar refractivity (Wildman–Crippen MR) is 113 cm³/mol. The molecule has 0 N–H and O–H groups in total. The predicted octanol–water partition coefficient (Wildman–Crippen LogP) is 3.91. The van der Waals surface area contributed by atoms with Gasteiger partial charge in [0.15, 0.2) is 0 Å². The van der Waals surface area contributed by atoms with Crippen LogP contribution in [0.5, 0.6) is 0 Å². The van der Waals surface area contributed by atoms with Crippen molar-refractivity contribution in [2.45, 2.75) is 17.4 Å². The van der Waals surface area contributed by atoms with E-state index in [1.807, 2.05) is 68.0 Å². The molecule has 2 heterocycles. The minimum atomic E-state index is -3.62. The molecule has 29 heavy (non-hydrogen) atoms. The molecule has 1 aromatic heterocycles. The summed E-state index contributed by atoms with van der Waals surface area (Å²) in [5.41, 5.74) is 3.24. The van der Waals surface area contributed by atoms with Gasteiger partial charge >= 0.3 is 0 Å². The van der Waals surface area contributed by atoms with Crippen LogP contribution in [0.15, 0.2) is 84.0 Å². The lowest BCUT2D eigenvalue weighted by molar-refractivity contribution is 0.371. The van der Waals surface area contributed by atoms with E-state index in [-0.39, 0.29) is 5.92 Å². The molecule has 1 unspecified atom stereocenters. The van der Waals surface area contributed by atoms with Crippen LogP contribution in [0.1, 0.15) is 22.6 Å². The van der Waals surface area contributed by atoms with Crippen molar-refractivity contribution in [3.05, 3.63) is 95.8 Å². The molecule has 4 aromatic rings. The van der Waals surface area contributed by atoms with Gasteiger partial charge in [-0.25, -0.2) is 8.42 Å². The van der Waals surface area contributed by atoms with E-state index in [1.54, 1.807) is 21.1 Å². The summed E-state index contributed by atoms with van der Waals surface area (Å²) < 4.78 is 30.4. The summed E-state index contributed by atoms with van der Waals surface area (Å²) in [5.74, 6) is -0.0381.